The molecule has 2 aliphatic carbocycles. The first-order valence-electron chi connectivity index (χ1n) is 5.56. The van der Waals surface area contributed by atoms with Gasteiger partial charge >= 0.3 is 0 Å². The van der Waals surface area contributed by atoms with Crippen LogP contribution in [0.15, 0.2) is 11.1 Å². The van der Waals surface area contributed by atoms with E-state index in [1.807, 2.05) is 11.1 Å². The molecule has 68 valence electrons. The molecule has 2 aliphatic rings. The van der Waals surface area contributed by atoms with Crippen LogP contribution in [-0.4, -0.2) is 0 Å². The van der Waals surface area contributed by atoms with Crippen LogP contribution < -0.4 is 0 Å². The summed E-state index contributed by atoms with van der Waals surface area (Å²) in [5, 5.41) is 0. The second-order valence-corrected chi connectivity index (χ2v) is 4.62. The van der Waals surface area contributed by atoms with Crippen LogP contribution in [0, 0.1) is 5.92 Å². The summed E-state index contributed by atoms with van der Waals surface area (Å²) in [7, 11) is 0. The highest BCUT2D eigenvalue weighted by molar-refractivity contribution is 5.19. The van der Waals surface area contributed by atoms with Crippen LogP contribution in [0.25, 0.3) is 0 Å². The SMILES string of the molecule is CC1CCC(=C2CCCCC2)C1. The van der Waals surface area contributed by atoms with Gasteiger partial charge in [-0.05, 0) is 50.9 Å². The Hall–Kier alpha value is -0.260. The van der Waals surface area contributed by atoms with Gasteiger partial charge in [-0.1, -0.05) is 24.5 Å². The van der Waals surface area contributed by atoms with Crippen molar-refractivity contribution in [2.45, 2.75) is 58.3 Å². The summed E-state index contributed by atoms with van der Waals surface area (Å²) in [4.78, 5) is 0. The van der Waals surface area contributed by atoms with Crippen LogP contribution in [0.2, 0.25) is 0 Å². The van der Waals surface area contributed by atoms with Crippen LogP contribution in [0.3, 0.4) is 0 Å². The zero-order valence-corrected chi connectivity index (χ0v) is 8.23. The highest BCUT2D eigenvalue weighted by Crippen LogP contribution is 2.36. The van der Waals surface area contributed by atoms with Crippen molar-refractivity contribution in [3.63, 3.8) is 0 Å². The minimum atomic E-state index is 0.981. The van der Waals surface area contributed by atoms with E-state index in [2.05, 4.69) is 6.92 Å². The number of hydrogen-bond donors (Lipinski definition) is 0. The lowest BCUT2D eigenvalue weighted by atomic mass is 9.90. The molecule has 2 saturated carbocycles. The average Bonchev–Trinajstić information content (AvgIpc) is 2.54. The molecule has 0 N–H and O–H groups in total. The van der Waals surface area contributed by atoms with E-state index < -0.39 is 0 Å². The van der Waals surface area contributed by atoms with E-state index in [0.29, 0.717) is 0 Å². The molecule has 0 aromatic heterocycles. The standard InChI is InChI=1S/C12H20/c1-10-7-8-12(9-10)11-5-3-2-4-6-11/h10H,2-9H2,1H3. The zero-order chi connectivity index (χ0) is 8.39. The van der Waals surface area contributed by atoms with E-state index in [1.165, 1.54) is 51.4 Å². The van der Waals surface area contributed by atoms with E-state index in [0.717, 1.165) is 5.92 Å². The summed E-state index contributed by atoms with van der Waals surface area (Å²) in [6.45, 7) is 2.40. The highest BCUT2D eigenvalue weighted by atomic mass is 14.2. The van der Waals surface area contributed by atoms with Gasteiger partial charge in [0, 0.05) is 0 Å². The predicted octanol–water partition coefficient (Wildman–Crippen LogP) is 4.07. The minimum Gasteiger partial charge on any atom is -0.0710 e. The lowest BCUT2D eigenvalue weighted by Crippen LogP contribution is -1.97. The van der Waals surface area contributed by atoms with Crippen LogP contribution in [0.5, 0.6) is 0 Å². The third-order valence-electron chi connectivity index (χ3n) is 3.49. The maximum atomic E-state index is 2.40. The summed E-state index contributed by atoms with van der Waals surface area (Å²) >= 11 is 0. The third-order valence-corrected chi connectivity index (χ3v) is 3.49. The normalized spacial score (nSPS) is 31.2. The smallest absolute Gasteiger partial charge is 0.0292 e. The Balaban J connectivity index is 2.03. The van der Waals surface area contributed by atoms with Gasteiger partial charge in [-0.25, -0.2) is 0 Å². The number of hydrogen-bond acceptors (Lipinski definition) is 0. The Labute approximate surface area is 76.1 Å². The molecule has 0 saturated heterocycles. The van der Waals surface area contributed by atoms with Crippen molar-refractivity contribution in [3.8, 4) is 0 Å². The second-order valence-electron chi connectivity index (χ2n) is 4.62. The Morgan fingerprint density at radius 3 is 2.25 bits per heavy atom. The monoisotopic (exact) mass is 164 g/mol. The summed E-state index contributed by atoms with van der Waals surface area (Å²) in [5.41, 5.74) is 3.70. The maximum absolute atomic E-state index is 2.40. The van der Waals surface area contributed by atoms with E-state index in [4.69, 9.17) is 0 Å². The lowest BCUT2D eigenvalue weighted by molar-refractivity contribution is 0.586. The van der Waals surface area contributed by atoms with Gasteiger partial charge in [-0.3, -0.25) is 0 Å². The molecule has 0 spiro atoms. The number of allylic oxidation sites excluding steroid dienone is 2. The van der Waals surface area contributed by atoms with Gasteiger partial charge in [-0.2, -0.15) is 0 Å². The maximum Gasteiger partial charge on any atom is -0.0292 e. The zero-order valence-electron chi connectivity index (χ0n) is 8.23. The summed E-state index contributed by atoms with van der Waals surface area (Å²) < 4.78 is 0. The van der Waals surface area contributed by atoms with E-state index in [1.54, 1.807) is 0 Å². The van der Waals surface area contributed by atoms with Gasteiger partial charge in [0.15, 0.2) is 0 Å². The first-order valence-corrected chi connectivity index (χ1v) is 5.56. The first-order chi connectivity index (χ1) is 5.86. The molecule has 2 fully saturated rings. The van der Waals surface area contributed by atoms with Crippen molar-refractivity contribution in [1.29, 1.82) is 0 Å². The van der Waals surface area contributed by atoms with Gasteiger partial charge in [0.05, 0.1) is 0 Å². The molecule has 0 amide bonds. The van der Waals surface area contributed by atoms with Crippen molar-refractivity contribution in [2.24, 2.45) is 5.92 Å². The highest BCUT2D eigenvalue weighted by Gasteiger charge is 2.19. The Bertz CT molecular complexity index is 175. The van der Waals surface area contributed by atoms with Crippen LogP contribution in [-0.2, 0) is 0 Å². The molecular formula is C12H20. The van der Waals surface area contributed by atoms with E-state index in [-0.39, 0.29) is 0 Å². The molecule has 0 aromatic rings. The molecule has 0 heterocycles. The largest absolute Gasteiger partial charge is 0.0710 e. The topological polar surface area (TPSA) is 0 Å². The molecule has 0 heteroatoms. The fourth-order valence-electron chi connectivity index (χ4n) is 2.70. The molecule has 0 aliphatic heterocycles. The van der Waals surface area contributed by atoms with Crippen molar-refractivity contribution >= 4 is 0 Å². The molecule has 1 unspecified atom stereocenters. The lowest BCUT2D eigenvalue weighted by Gasteiger charge is -2.16. The first kappa shape index (κ1) is 8.34. The van der Waals surface area contributed by atoms with Gasteiger partial charge in [-0.15, -0.1) is 0 Å². The Morgan fingerprint density at radius 2 is 1.67 bits per heavy atom. The van der Waals surface area contributed by atoms with Gasteiger partial charge in [0.1, 0.15) is 0 Å². The summed E-state index contributed by atoms with van der Waals surface area (Å²) in [5.74, 6) is 0.981. The third kappa shape index (κ3) is 1.73. The van der Waals surface area contributed by atoms with Crippen LogP contribution in [0.4, 0.5) is 0 Å². The van der Waals surface area contributed by atoms with Crippen LogP contribution >= 0.6 is 0 Å². The molecule has 1 atom stereocenters. The van der Waals surface area contributed by atoms with Gasteiger partial charge in [0.25, 0.3) is 0 Å². The molecular weight excluding hydrogens is 144 g/mol. The molecule has 12 heavy (non-hydrogen) atoms. The van der Waals surface area contributed by atoms with Crippen LogP contribution in [0.1, 0.15) is 58.3 Å². The Morgan fingerprint density at radius 1 is 0.917 bits per heavy atom. The molecule has 0 radical (unpaired) electrons. The van der Waals surface area contributed by atoms with Crippen molar-refractivity contribution < 1.29 is 0 Å². The molecule has 2 rings (SSSR count). The van der Waals surface area contributed by atoms with Crippen molar-refractivity contribution in [1.82, 2.24) is 0 Å². The Kier molecular flexibility index (Phi) is 2.53. The summed E-state index contributed by atoms with van der Waals surface area (Å²) in [6.07, 6.45) is 11.6. The fraction of sp³-hybridized carbons (Fsp3) is 0.833. The minimum absolute atomic E-state index is 0.981. The average molecular weight is 164 g/mol. The molecule has 0 aromatic carbocycles. The summed E-state index contributed by atoms with van der Waals surface area (Å²) in [6, 6.07) is 0. The number of rotatable bonds is 0. The van der Waals surface area contributed by atoms with Gasteiger partial charge in [0.2, 0.25) is 0 Å². The van der Waals surface area contributed by atoms with E-state index in [9.17, 15) is 0 Å². The van der Waals surface area contributed by atoms with Gasteiger partial charge < -0.3 is 0 Å². The second kappa shape index (κ2) is 3.64. The fourth-order valence-corrected chi connectivity index (χ4v) is 2.70. The van der Waals surface area contributed by atoms with E-state index >= 15 is 0 Å². The quantitative estimate of drug-likeness (QED) is 0.473. The molecule has 0 nitrogen and oxygen atoms in total. The predicted molar refractivity (Wildman–Crippen MR) is 53.1 cm³/mol. The molecule has 0 bridgehead atoms. The van der Waals surface area contributed by atoms with Crippen molar-refractivity contribution in [3.05, 3.63) is 11.1 Å². The van der Waals surface area contributed by atoms with Crippen molar-refractivity contribution in [2.75, 3.05) is 0 Å².